The van der Waals surface area contributed by atoms with Crippen molar-refractivity contribution in [2.75, 3.05) is 5.32 Å². The van der Waals surface area contributed by atoms with E-state index in [0.29, 0.717) is 5.56 Å². The molecule has 2 aromatic rings. The average Bonchev–Trinajstić information content (AvgIpc) is 2.32. The highest BCUT2D eigenvalue weighted by atomic mass is 79.9. The molecule has 0 aromatic heterocycles. The molecule has 2 nitrogen and oxygen atoms in total. The van der Waals surface area contributed by atoms with E-state index in [2.05, 4.69) is 37.2 Å². The van der Waals surface area contributed by atoms with Gasteiger partial charge in [0.15, 0.2) is 0 Å². The highest BCUT2D eigenvalue weighted by Gasteiger charge is 2.09. The minimum absolute atomic E-state index is 0.115. The summed E-state index contributed by atoms with van der Waals surface area (Å²) in [5.74, 6) is -0.115. The van der Waals surface area contributed by atoms with Crippen molar-refractivity contribution in [1.29, 1.82) is 0 Å². The smallest absolute Gasteiger partial charge is 0.255 e. The van der Waals surface area contributed by atoms with Gasteiger partial charge < -0.3 is 5.32 Å². The highest BCUT2D eigenvalue weighted by molar-refractivity contribution is 9.11. The first-order valence-electron chi connectivity index (χ1n) is 5.80. The van der Waals surface area contributed by atoms with Crippen LogP contribution in [-0.4, -0.2) is 5.91 Å². The number of benzene rings is 2. The summed E-state index contributed by atoms with van der Waals surface area (Å²) >= 11 is 6.77. The summed E-state index contributed by atoms with van der Waals surface area (Å²) < 4.78 is 1.74. The summed E-state index contributed by atoms with van der Waals surface area (Å²) in [6, 6.07) is 11.5. The third-order valence-corrected chi connectivity index (χ3v) is 3.68. The van der Waals surface area contributed by atoms with Gasteiger partial charge in [0, 0.05) is 20.2 Å². The van der Waals surface area contributed by atoms with Crippen LogP contribution in [0.2, 0.25) is 0 Å². The Morgan fingerprint density at radius 1 is 1.00 bits per heavy atom. The second kappa shape index (κ2) is 5.88. The third kappa shape index (κ3) is 3.67. The first-order valence-corrected chi connectivity index (χ1v) is 7.39. The zero-order valence-electron chi connectivity index (χ0n) is 10.6. The van der Waals surface area contributed by atoms with Crippen LogP contribution in [0, 0.1) is 13.8 Å². The molecule has 0 heterocycles. The van der Waals surface area contributed by atoms with E-state index in [0.717, 1.165) is 25.8 Å². The van der Waals surface area contributed by atoms with Crippen LogP contribution >= 0.6 is 31.9 Å². The van der Waals surface area contributed by atoms with Crippen molar-refractivity contribution >= 4 is 43.5 Å². The maximum atomic E-state index is 12.2. The van der Waals surface area contributed by atoms with Crippen LogP contribution in [0.3, 0.4) is 0 Å². The first-order chi connectivity index (χ1) is 8.95. The van der Waals surface area contributed by atoms with Gasteiger partial charge in [0.2, 0.25) is 0 Å². The number of rotatable bonds is 2. The molecule has 0 spiro atoms. The van der Waals surface area contributed by atoms with Gasteiger partial charge in [-0.15, -0.1) is 0 Å². The van der Waals surface area contributed by atoms with E-state index in [4.69, 9.17) is 0 Å². The van der Waals surface area contributed by atoms with Gasteiger partial charge in [-0.25, -0.2) is 0 Å². The first kappa shape index (κ1) is 14.3. The van der Waals surface area contributed by atoms with Crippen LogP contribution in [0.4, 0.5) is 5.69 Å². The Morgan fingerprint density at radius 3 is 2.26 bits per heavy atom. The highest BCUT2D eigenvalue weighted by Crippen LogP contribution is 2.22. The Kier molecular flexibility index (Phi) is 4.42. The van der Waals surface area contributed by atoms with Gasteiger partial charge >= 0.3 is 0 Å². The third-order valence-electron chi connectivity index (χ3n) is 2.77. The fourth-order valence-corrected chi connectivity index (χ4v) is 3.04. The molecular formula is C15H13Br2NO. The number of aryl methyl sites for hydroxylation is 2. The molecule has 1 amide bonds. The van der Waals surface area contributed by atoms with Crippen molar-refractivity contribution in [1.82, 2.24) is 0 Å². The molecule has 0 aliphatic rings. The van der Waals surface area contributed by atoms with E-state index in [1.807, 2.05) is 38.1 Å². The lowest BCUT2D eigenvalue weighted by molar-refractivity contribution is 0.102. The second-order valence-electron chi connectivity index (χ2n) is 4.43. The summed E-state index contributed by atoms with van der Waals surface area (Å²) in [4.78, 5) is 12.2. The van der Waals surface area contributed by atoms with Crippen LogP contribution in [0.15, 0.2) is 45.3 Å². The molecule has 0 saturated carbocycles. The average molecular weight is 383 g/mol. The van der Waals surface area contributed by atoms with E-state index < -0.39 is 0 Å². The Bertz CT molecular complexity index is 618. The number of hydrogen-bond acceptors (Lipinski definition) is 1. The molecule has 2 aromatic carbocycles. The van der Waals surface area contributed by atoms with Crippen molar-refractivity contribution in [3.8, 4) is 0 Å². The summed E-state index contributed by atoms with van der Waals surface area (Å²) in [7, 11) is 0. The topological polar surface area (TPSA) is 29.1 Å². The number of carbonyl (C=O) groups is 1. The Hall–Kier alpha value is -1.13. The molecule has 1 N–H and O–H groups in total. The van der Waals surface area contributed by atoms with Gasteiger partial charge in [0.1, 0.15) is 0 Å². The number of halogens is 2. The Balaban J connectivity index is 2.28. The molecule has 4 heteroatoms. The maximum Gasteiger partial charge on any atom is 0.255 e. The van der Waals surface area contributed by atoms with Crippen molar-refractivity contribution in [2.45, 2.75) is 13.8 Å². The predicted octanol–water partition coefficient (Wildman–Crippen LogP) is 5.08. The van der Waals surface area contributed by atoms with Gasteiger partial charge in [-0.3, -0.25) is 4.79 Å². The van der Waals surface area contributed by atoms with Gasteiger partial charge in [-0.05, 0) is 49.2 Å². The lowest BCUT2D eigenvalue weighted by atomic mass is 10.1. The maximum absolute atomic E-state index is 12.2. The summed E-state index contributed by atoms with van der Waals surface area (Å²) in [5.41, 5.74) is 3.63. The minimum Gasteiger partial charge on any atom is -0.322 e. The Morgan fingerprint density at radius 2 is 1.63 bits per heavy atom. The minimum atomic E-state index is -0.115. The molecule has 98 valence electrons. The summed E-state index contributed by atoms with van der Waals surface area (Å²) in [5, 5.41) is 2.94. The van der Waals surface area contributed by atoms with Crippen LogP contribution in [0.5, 0.6) is 0 Å². The van der Waals surface area contributed by atoms with E-state index in [1.54, 1.807) is 12.1 Å². The van der Waals surface area contributed by atoms with Crippen LogP contribution in [-0.2, 0) is 0 Å². The van der Waals surface area contributed by atoms with Crippen LogP contribution in [0.1, 0.15) is 21.5 Å². The molecule has 0 unspecified atom stereocenters. The molecule has 0 fully saturated rings. The molecule has 0 atom stereocenters. The van der Waals surface area contributed by atoms with Crippen LogP contribution < -0.4 is 5.32 Å². The molecule has 0 aliphatic heterocycles. The fraction of sp³-hybridized carbons (Fsp3) is 0.133. The molecule has 0 radical (unpaired) electrons. The van der Waals surface area contributed by atoms with Gasteiger partial charge in [0.25, 0.3) is 5.91 Å². The molecular weight excluding hydrogens is 370 g/mol. The van der Waals surface area contributed by atoms with Crippen molar-refractivity contribution in [3.63, 3.8) is 0 Å². The molecule has 19 heavy (non-hydrogen) atoms. The largest absolute Gasteiger partial charge is 0.322 e. The van der Waals surface area contributed by atoms with E-state index in [-0.39, 0.29) is 5.91 Å². The standard InChI is InChI=1S/C15H13Br2NO/c1-9-3-4-10(2)14(5-9)18-15(19)11-6-12(16)8-13(17)7-11/h3-8H,1-2H3,(H,18,19). The van der Waals surface area contributed by atoms with Gasteiger partial charge in [-0.2, -0.15) is 0 Å². The lowest BCUT2D eigenvalue weighted by Gasteiger charge is -2.10. The molecule has 2 rings (SSSR count). The molecule has 0 bridgehead atoms. The molecule has 0 saturated heterocycles. The van der Waals surface area contributed by atoms with Crippen molar-refractivity contribution in [2.24, 2.45) is 0 Å². The van der Waals surface area contributed by atoms with Gasteiger partial charge in [-0.1, -0.05) is 44.0 Å². The zero-order chi connectivity index (χ0) is 14.0. The Labute approximate surface area is 129 Å². The van der Waals surface area contributed by atoms with E-state index >= 15 is 0 Å². The molecule has 0 aliphatic carbocycles. The van der Waals surface area contributed by atoms with E-state index in [1.165, 1.54) is 0 Å². The predicted molar refractivity (Wildman–Crippen MR) is 85.7 cm³/mol. The summed E-state index contributed by atoms with van der Waals surface area (Å²) in [6.45, 7) is 3.98. The van der Waals surface area contributed by atoms with Crippen molar-refractivity contribution < 1.29 is 4.79 Å². The summed E-state index contributed by atoms with van der Waals surface area (Å²) in [6.07, 6.45) is 0. The lowest BCUT2D eigenvalue weighted by Crippen LogP contribution is -2.13. The fourth-order valence-electron chi connectivity index (χ4n) is 1.75. The number of anilines is 1. The van der Waals surface area contributed by atoms with E-state index in [9.17, 15) is 4.79 Å². The van der Waals surface area contributed by atoms with Gasteiger partial charge in [0.05, 0.1) is 0 Å². The SMILES string of the molecule is Cc1ccc(C)c(NC(=O)c2cc(Br)cc(Br)c2)c1. The normalized spacial score (nSPS) is 10.3. The second-order valence-corrected chi connectivity index (χ2v) is 6.26. The zero-order valence-corrected chi connectivity index (χ0v) is 13.8. The number of nitrogens with one attached hydrogen (secondary N) is 1. The number of hydrogen-bond donors (Lipinski definition) is 1. The van der Waals surface area contributed by atoms with Crippen molar-refractivity contribution in [3.05, 3.63) is 62.0 Å². The quantitative estimate of drug-likeness (QED) is 0.770. The number of carbonyl (C=O) groups excluding carboxylic acids is 1. The van der Waals surface area contributed by atoms with Crippen LogP contribution in [0.25, 0.3) is 0 Å². The monoisotopic (exact) mass is 381 g/mol. The number of amides is 1.